The summed E-state index contributed by atoms with van der Waals surface area (Å²) >= 11 is 5.54. The highest BCUT2D eigenvalue weighted by atomic mass is 35.5. The lowest BCUT2D eigenvalue weighted by atomic mass is 10.1. The van der Waals surface area contributed by atoms with Gasteiger partial charge in [0.25, 0.3) is 0 Å². The van der Waals surface area contributed by atoms with Gasteiger partial charge in [-0.1, -0.05) is 54.9 Å². The van der Waals surface area contributed by atoms with Gasteiger partial charge in [0, 0.05) is 5.02 Å². The summed E-state index contributed by atoms with van der Waals surface area (Å²) < 4.78 is 0. The van der Waals surface area contributed by atoms with Crippen molar-refractivity contribution in [1.29, 1.82) is 0 Å². The largest absolute Gasteiger partial charge is 0.478 e. The molecule has 1 N–H and O–H groups in total. The van der Waals surface area contributed by atoms with E-state index in [1.165, 1.54) is 0 Å². The molecule has 2 aromatic rings. The van der Waals surface area contributed by atoms with E-state index in [1.807, 2.05) is 49.4 Å². The molecule has 94 valence electrons. The minimum atomic E-state index is -0.845. The molecule has 0 saturated carbocycles. The van der Waals surface area contributed by atoms with Gasteiger partial charge in [0.15, 0.2) is 0 Å². The van der Waals surface area contributed by atoms with Gasteiger partial charge in [0.05, 0.1) is 5.56 Å². The van der Waals surface area contributed by atoms with Crippen molar-refractivity contribution in [3.8, 4) is 0 Å². The van der Waals surface area contributed by atoms with Gasteiger partial charge in [0.2, 0.25) is 0 Å². The third-order valence-corrected chi connectivity index (χ3v) is 2.61. The molecule has 0 aliphatic rings. The quantitative estimate of drug-likeness (QED) is 0.877. The minimum Gasteiger partial charge on any atom is -0.478 e. The molecule has 0 aliphatic heterocycles. The van der Waals surface area contributed by atoms with Crippen molar-refractivity contribution < 1.29 is 9.90 Å². The third-order valence-electron chi connectivity index (χ3n) is 2.36. The third kappa shape index (κ3) is 4.60. The van der Waals surface area contributed by atoms with E-state index < -0.39 is 5.97 Å². The van der Waals surface area contributed by atoms with Crippen molar-refractivity contribution in [3.05, 3.63) is 70.7 Å². The number of carbonyl (C=O) groups is 1. The fraction of sp³-hybridized carbons (Fsp3) is 0.133. The van der Waals surface area contributed by atoms with E-state index in [4.69, 9.17) is 16.7 Å². The summed E-state index contributed by atoms with van der Waals surface area (Å²) in [4.78, 5) is 10.6. The summed E-state index contributed by atoms with van der Waals surface area (Å²) in [6, 6.07) is 16.5. The second-order valence-electron chi connectivity index (χ2n) is 3.61. The molecule has 0 unspecified atom stereocenters. The summed E-state index contributed by atoms with van der Waals surface area (Å²) in [5.41, 5.74) is 1.30. The monoisotopic (exact) mass is 262 g/mol. The Labute approximate surface area is 112 Å². The highest BCUT2D eigenvalue weighted by molar-refractivity contribution is 6.30. The second-order valence-corrected chi connectivity index (χ2v) is 4.05. The number of halogens is 1. The first kappa shape index (κ1) is 14.3. The van der Waals surface area contributed by atoms with Gasteiger partial charge in [-0.05, 0) is 30.2 Å². The van der Waals surface area contributed by atoms with Crippen molar-refractivity contribution in [1.82, 2.24) is 0 Å². The first-order chi connectivity index (χ1) is 8.65. The number of benzene rings is 2. The van der Waals surface area contributed by atoms with Gasteiger partial charge in [0.1, 0.15) is 0 Å². The summed E-state index contributed by atoms with van der Waals surface area (Å²) in [7, 11) is 0. The molecule has 18 heavy (non-hydrogen) atoms. The molecular weight excluding hydrogens is 248 g/mol. The molecule has 2 nitrogen and oxygen atoms in total. The van der Waals surface area contributed by atoms with Crippen LogP contribution in [0.1, 0.15) is 22.8 Å². The summed E-state index contributed by atoms with van der Waals surface area (Å²) in [6.45, 7) is 1.95. The summed E-state index contributed by atoms with van der Waals surface area (Å²) in [6.07, 6.45) is 0.766. The number of hydrogen-bond acceptors (Lipinski definition) is 1. The van der Waals surface area contributed by atoms with Crippen molar-refractivity contribution >= 4 is 17.6 Å². The topological polar surface area (TPSA) is 37.3 Å². The standard InChI is InChI=1S/C9H10O2.C6H5Cl/c1-2-7-5-3-4-6-8(7)9(10)11;7-6-4-2-1-3-5-6/h3-6H,2H2,1H3,(H,10,11);1-5H. The SMILES string of the molecule is CCc1ccccc1C(=O)O.Clc1ccccc1. The van der Waals surface area contributed by atoms with Gasteiger partial charge < -0.3 is 5.11 Å². The first-order valence-corrected chi connectivity index (χ1v) is 6.04. The maximum Gasteiger partial charge on any atom is 0.335 e. The molecule has 0 fully saturated rings. The molecular formula is C15H15ClO2. The maximum absolute atomic E-state index is 10.6. The zero-order valence-corrected chi connectivity index (χ0v) is 10.9. The van der Waals surface area contributed by atoms with E-state index >= 15 is 0 Å². The van der Waals surface area contributed by atoms with Gasteiger partial charge in [-0.25, -0.2) is 4.79 Å². The lowest BCUT2D eigenvalue weighted by molar-refractivity contribution is 0.0695. The van der Waals surface area contributed by atoms with E-state index in [2.05, 4.69) is 0 Å². The van der Waals surface area contributed by atoms with Crippen LogP contribution >= 0.6 is 11.6 Å². The fourth-order valence-corrected chi connectivity index (χ4v) is 1.60. The van der Waals surface area contributed by atoms with Crippen LogP contribution in [-0.2, 0) is 6.42 Å². The number of aromatic carboxylic acids is 1. The molecule has 0 bridgehead atoms. The van der Waals surface area contributed by atoms with Crippen LogP contribution in [-0.4, -0.2) is 11.1 Å². The molecule has 0 atom stereocenters. The van der Waals surface area contributed by atoms with Crippen LogP contribution in [0.15, 0.2) is 54.6 Å². The Hall–Kier alpha value is -1.80. The number of aryl methyl sites for hydroxylation is 1. The summed E-state index contributed by atoms with van der Waals surface area (Å²) in [5.74, 6) is -0.845. The molecule has 2 aromatic carbocycles. The predicted molar refractivity (Wildman–Crippen MR) is 74.2 cm³/mol. The van der Waals surface area contributed by atoms with E-state index in [1.54, 1.807) is 12.1 Å². The van der Waals surface area contributed by atoms with Gasteiger partial charge in [-0.15, -0.1) is 0 Å². The predicted octanol–water partition coefficient (Wildman–Crippen LogP) is 4.29. The Morgan fingerprint density at radius 3 is 2.00 bits per heavy atom. The van der Waals surface area contributed by atoms with Crippen molar-refractivity contribution in [2.45, 2.75) is 13.3 Å². The van der Waals surface area contributed by atoms with E-state index in [0.29, 0.717) is 5.56 Å². The van der Waals surface area contributed by atoms with E-state index in [0.717, 1.165) is 17.0 Å². The molecule has 0 spiro atoms. The maximum atomic E-state index is 10.6. The Balaban J connectivity index is 0.000000199. The van der Waals surface area contributed by atoms with Gasteiger partial charge >= 0.3 is 5.97 Å². The number of carboxylic acids is 1. The van der Waals surface area contributed by atoms with Gasteiger partial charge in [-0.2, -0.15) is 0 Å². The van der Waals surface area contributed by atoms with Gasteiger partial charge in [-0.3, -0.25) is 0 Å². The normalized spacial score (nSPS) is 9.22. The molecule has 0 amide bonds. The van der Waals surface area contributed by atoms with Crippen LogP contribution < -0.4 is 0 Å². The van der Waals surface area contributed by atoms with Crippen molar-refractivity contribution in [2.75, 3.05) is 0 Å². The highest BCUT2D eigenvalue weighted by Gasteiger charge is 2.05. The Morgan fingerprint density at radius 2 is 1.61 bits per heavy atom. The van der Waals surface area contributed by atoms with Crippen LogP contribution in [0.2, 0.25) is 5.02 Å². The molecule has 0 aromatic heterocycles. The van der Waals surface area contributed by atoms with E-state index in [-0.39, 0.29) is 0 Å². The molecule has 3 heteroatoms. The number of rotatable bonds is 2. The Bertz CT molecular complexity index is 495. The number of carboxylic acid groups (broad SMARTS) is 1. The van der Waals surface area contributed by atoms with Crippen LogP contribution in [0.4, 0.5) is 0 Å². The fourth-order valence-electron chi connectivity index (χ4n) is 1.45. The number of hydrogen-bond donors (Lipinski definition) is 1. The molecule has 2 rings (SSSR count). The molecule has 0 radical (unpaired) electrons. The minimum absolute atomic E-state index is 0.412. The van der Waals surface area contributed by atoms with Crippen LogP contribution in [0.3, 0.4) is 0 Å². The lowest BCUT2D eigenvalue weighted by Crippen LogP contribution is -2.00. The Morgan fingerprint density at radius 1 is 1.06 bits per heavy atom. The molecule has 0 heterocycles. The highest BCUT2D eigenvalue weighted by Crippen LogP contribution is 2.08. The smallest absolute Gasteiger partial charge is 0.335 e. The average molecular weight is 263 g/mol. The first-order valence-electron chi connectivity index (χ1n) is 5.67. The van der Waals surface area contributed by atoms with Crippen molar-refractivity contribution in [3.63, 3.8) is 0 Å². The summed E-state index contributed by atoms with van der Waals surface area (Å²) in [5, 5.41) is 9.49. The van der Waals surface area contributed by atoms with Crippen LogP contribution in [0.25, 0.3) is 0 Å². The molecule has 0 aliphatic carbocycles. The second kappa shape index (κ2) is 7.51. The average Bonchev–Trinajstić information content (AvgIpc) is 2.40. The Kier molecular flexibility index (Phi) is 5.95. The molecule has 0 saturated heterocycles. The van der Waals surface area contributed by atoms with Crippen molar-refractivity contribution in [2.24, 2.45) is 0 Å². The van der Waals surface area contributed by atoms with Crippen LogP contribution in [0.5, 0.6) is 0 Å². The zero-order valence-electron chi connectivity index (χ0n) is 10.1. The zero-order chi connectivity index (χ0) is 13.4. The van der Waals surface area contributed by atoms with E-state index in [9.17, 15) is 4.79 Å². The lowest BCUT2D eigenvalue weighted by Gasteiger charge is -2.00. The van der Waals surface area contributed by atoms with Crippen LogP contribution in [0, 0.1) is 0 Å².